The summed E-state index contributed by atoms with van der Waals surface area (Å²) in [5.41, 5.74) is 1.61. The van der Waals surface area contributed by atoms with Gasteiger partial charge < -0.3 is 25.0 Å². The normalized spacial score (nSPS) is 11.4. The van der Waals surface area contributed by atoms with Gasteiger partial charge >= 0.3 is 0 Å². The maximum absolute atomic E-state index is 13.5. The number of carbonyl (C=O) groups is 1. The lowest BCUT2D eigenvalue weighted by Gasteiger charge is -2.15. The molecule has 0 fully saturated rings. The zero-order valence-corrected chi connectivity index (χ0v) is 20.0. The fourth-order valence-corrected chi connectivity index (χ4v) is 3.19. The molecule has 2 N–H and O–H groups in total. The van der Waals surface area contributed by atoms with Crippen LogP contribution in [0.5, 0.6) is 5.75 Å². The van der Waals surface area contributed by atoms with E-state index in [0.717, 1.165) is 0 Å². The first-order chi connectivity index (χ1) is 16.4. The van der Waals surface area contributed by atoms with E-state index >= 15 is 0 Å². The van der Waals surface area contributed by atoms with Gasteiger partial charge in [-0.1, -0.05) is 17.7 Å². The van der Waals surface area contributed by atoms with E-state index in [-0.39, 0.29) is 10.9 Å². The van der Waals surface area contributed by atoms with Crippen LogP contribution in [0.3, 0.4) is 0 Å². The predicted octanol–water partition coefficient (Wildman–Crippen LogP) is 4.64. The molecular formula is C24H27ClFN5O3. The summed E-state index contributed by atoms with van der Waals surface area (Å²) in [4.78, 5) is 23.1. The lowest BCUT2D eigenvalue weighted by atomic mass is 10.1. The minimum absolute atomic E-state index is 0.00851. The number of hydrogen-bond acceptors (Lipinski definition) is 7. The number of rotatable bonds is 11. The summed E-state index contributed by atoms with van der Waals surface area (Å²) in [6.45, 7) is 3.83. The molecule has 180 valence electrons. The van der Waals surface area contributed by atoms with Crippen LogP contribution in [0.4, 0.5) is 21.6 Å². The van der Waals surface area contributed by atoms with Gasteiger partial charge in [0.05, 0.1) is 22.8 Å². The Kier molecular flexibility index (Phi) is 9.15. The number of carbonyl (C=O) groups excluding carboxylic acids is 1. The zero-order chi connectivity index (χ0) is 24.5. The molecule has 0 aliphatic rings. The number of nitrogens with zero attached hydrogens (tertiary/aromatic N) is 3. The third-order valence-electron chi connectivity index (χ3n) is 4.61. The van der Waals surface area contributed by atoms with Crippen molar-refractivity contribution in [3.63, 3.8) is 0 Å². The summed E-state index contributed by atoms with van der Waals surface area (Å²) in [7, 11) is 3.83. The van der Waals surface area contributed by atoms with Crippen LogP contribution >= 0.6 is 11.6 Å². The lowest BCUT2D eigenvalue weighted by molar-refractivity contribution is -0.111. The van der Waals surface area contributed by atoms with Crippen LogP contribution in [0.15, 0.2) is 48.8 Å². The summed E-state index contributed by atoms with van der Waals surface area (Å²) in [5, 5.41) is 6.61. The molecule has 3 rings (SSSR count). The third kappa shape index (κ3) is 7.11. The number of nitrogens with one attached hydrogen (secondary N) is 2. The second-order valence-corrected chi connectivity index (χ2v) is 7.95. The van der Waals surface area contributed by atoms with Gasteiger partial charge in [0, 0.05) is 36.4 Å². The van der Waals surface area contributed by atoms with Crippen molar-refractivity contribution in [1.29, 1.82) is 0 Å². The van der Waals surface area contributed by atoms with Crippen LogP contribution < -0.4 is 15.4 Å². The molecule has 3 aromatic rings. The second kappa shape index (κ2) is 12.3. The van der Waals surface area contributed by atoms with E-state index in [1.165, 1.54) is 24.5 Å². The largest absolute Gasteiger partial charge is 0.489 e. The number of fused-ring (bicyclic) bond motifs is 1. The number of ether oxygens (including phenoxy) is 2. The SMILES string of the molecule is CCOCCOc1cc2ncnc(Nc3ccc(F)c(Cl)c3)c2cc1NC(=O)/C=C/CN(C)C. The highest BCUT2D eigenvalue weighted by Crippen LogP contribution is 2.34. The number of benzene rings is 2. The highest BCUT2D eigenvalue weighted by molar-refractivity contribution is 6.31. The molecular weight excluding hydrogens is 461 g/mol. The van der Waals surface area contributed by atoms with Crippen molar-refractivity contribution in [2.75, 3.05) is 51.1 Å². The van der Waals surface area contributed by atoms with Crippen LogP contribution in [0.1, 0.15) is 6.92 Å². The maximum Gasteiger partial charge on any atom is 0.248 e. The highest BCUT2D eigenvalue weighted by Gasteiger charge is 2.13. The molecule has 2 aromatic carbocycles. The molecule has 8 nitrogen and oxygen atoms in total. The Morgan fingerprint density at radius 2 is 2.03 bits per heavy atom. The molecule has 0 saturated carbocycles. The highest BCUT2D eigenvalue weighted by atomic mass is 35.5. The molecule has 0 radical (unpaired) electrons. The van der Waals surface area contributed by atoms with Crippen molar-refractivity contribution < 1.29 is 18.7 Å². The van der Waals surface area contributed by atoms with Gasteiger partial charge in [-0.3, -0.25) is 4.79 Å². The first-order valence-corrected chi connectivity index (χ1v) is 11.1. The molecule has 0 saturated heterocycles. The van der Waals surface area contributed by atoms with Crippen LogP contribution in [0, 0.1) is 5.82 Å². The standard InChI is InChI=1S/C24H27ClFN5O3/c1-4-33-10-11-34-22-14-20-17(13-21(22)30-23(32)6-5-9-31(2)3)24(28-15-27-20)29-16-7-8-19(26)18(25)12-16/h5-8,12-15H,4,9-11H2,1-3H3,(H,30,32)(H,27,28,29)/b6-5+. The molecule has 0 aliphatic carbocycles. The quantitative estimate of drug-likeness (QED) is 0.301. The molecule has 1 aromatic heterocycles. The molecule has 34 heavy (non-hydrogen) atoms. The summed E-state index contributed by atoms with van der Waals surface area (Å²) in [5.74, 6) is 0.108. The van der Waals surface area contributed by atoms with E-state index < -0.39 is 5.82 Å². The third-order valence-corrected chi connectivity index (χ3v) is 4.90. The Hall–Kier alpha value is -3.27. The molecule has 0 spiro atoms. The summed E-state index contributed by atoms with van der Waals surface area (Å²) < 4.78 is 24.7. The summed E-state index contributed by atoms with van der Waals surface area (Å²) >= 11 is 5.90. The number of anilines is 3. The van der Waals surface area contributed by atoms with Crippen molar-refractivity contribution >= 4 is 45.6 Å². The average Bonchev–Trinajstić information content (AvgIpc) is 2.79. The molecule has 0 bridgehead atoms. The van der Waals surface area contributed by atoms with Gasteiger partial charge in [0.1, 0.15) is 30.3 Å². The zero-order valence-electron chi connectivity index (χ0n) is 19.3. The predicted molar refractivity (Wildman–Crippen MR) is 133 cm³/mol. The number of amides is 1. The van der Waals surface area contributed by atoms with Gasteiger partial charge in [-0.2, -0.15) is 0 Å². The fraction of sp³-hybridized carbons (Fsp3) is 0.292. The Labute approximate surface area is 202 Å². The van der Waals surface area contributed by atoms with E-state index in [9.17, 15) is 9.18 Å². The molecule has 10 heteroatoms. The van der Waals surface area contributed by atoms with E-state index in [4.69, 9.17) is 21.1 Å². The Balaban J connectivity index is 1.94. The smallest absolute Gasteiger partial charge is 0.248 e. The number of likely N-dealkylation sites (N-methyl/N-ethyl adjacent to an activating group) is 1. The van der Waals surface area contributed by atoms with Gasteiger partial charge in [-0.25, -0.2) is 14.4 Å². The minimum Gasteiger partial charge on any atom is -0.489 e. The summed E-state index contributed by atoms with van der Waals surface area (Å²) in [6, 6.07) is 7.75. The maximum atomic E-state index is 13.5. The molecule has 1 heterocycles. The molecule has 0 atom stereocenters. The average molecular weight is 488 g/mol. The number of halogens is 2. The Morgan fingerprint density at radius 1 is 1.21 bits per heavy atom. The first-order valence-electron chi connectivity index (χ1n) is 10.7. The first kappa shape index (κ1) is 25.4. The van der Waals surface area contributed by atoms with Crippen LogP contribution in [-0.4, -0.2) is 61.2 Å². The van der Waals surface area contributed by atoms with Crippen LogP contribution in [0.2, 0.25) is 5.02 Å². The van der Waals surface area contributed by atoms with Gasteiger partial charge in [0.2, 0.25) is 5.91 Å². The van der Waals surface area contributed by atoms with E-state index in [1.807, 2.05) is 25.9 Å². The van der Waals surface area contributed by atoms with Gasteiger partial charge in [-0.05, 0) is 45.3 Å². The van der Waals surface area contributed by atoms with Crippen molar-refractivity contribution in [3.8, 4) is 5.75 Å². The van der Waals surface area contributed by atoms with E-state index in [2.05, 4.69) is 20.6 Å². The minimum atomic E-state index is -0.513. The van der Waals surface area contributed by atoms with Crippen molar-refractivity contribution in [3.05, 3.63) is 59.7 Å². The van der Waals surface area contributed by atoms with Crippen molar-refractivity contribution in [2.24, 2.45) is 0 Å². The second-order valence-electron chi connectivity index (χ2n) is 7.54. The van der Waals surface area contributed by atoms with Crippen molar-refractivity contribution in [2.45, 2.75) is 6.92 Å². The van der Waals surface area contributed by atoms with Gasteiger partial charge in [0.25, 0.3) is 0 Å². The van der Waals surface area contributed by atoms with E-state index in [1.54, 1.807) is 24.3 Å². The Morgan fingerprint density at radius 3 is 2.76 bits per heavy atom. The molecule has 0 aliphatic heterocycles. The Bertz CT molecular complexity index is 1170. The van der Waals surface area contributed by atoms with E-state index in [0.29, 0.717) is 60.2 Å². The van der Waals surface area contributed by atoms with Crippen LogP contribution in [-0.2, 0) is 9.53 Å². The summed E-state index contributed by atoms with van der Waals surface area (Å²) in [6.07, 6.45) is 4.64. The number of aromatic nitrogens is 2. The monoisotopic (exact) mass is 487 g/mol. The molecule has 1 amide bonds. The van der Waals surface area contributed by atoms with Crippen molar-refractivity contribution in [1.82, 2.24) is 14.9 Å². The fourth-order valence-electron chi connectivity index (χ4n) is 3.01. The molecule has 0 unspecified atom stereocenters. The topological polar surface area (TPSA) is 88.6 Å². The van der Waals surface area contributed by atoms with Gasteiger partial charge in [-0.15, -0.1) is 0 Å². The van der Waals surface area contributed by atoms with Crippen LogP contribution in [0.25, 0.3) is 10.9 Å². The van der Waals surface area contributed by atoms with Gasteiger partial charge in [0.15, 0.2) is 0 Å². The lowest BCUT2D eigenvalue weighted by Crippen LogP contribution is -2.14. The number of hydrogen-bond donors (Lipinski definition) is 2.